The van der Waals surface area contributed by atoms with Gasteiger partial charge >= 0.3 is 0 Å². The predicted octanol–water partition coefficient (Wildman–Crippen LogP) is 1.80. The molecule has 0 unspecified atom stereocenters. The van der Waals surface area contributed by atoms with Crippen molar-refractivity contribution in [1.29, 1.82) is 0 Å². The monoisotopic (exact) mass is 455 g/mol. The number of benzene rings is 1. The van der Waals surface area contributed by atoms with Crippen LogP contribution in [0.2, 0.25) is 0 Å². The Bertz CT molecular complexity index is 904. The van der Waals surface area contributed by atoms with Gasteiger partial charge in [-0.3, -0.25) is 14.3 Å². The second-order valence-corrected chi connectivity index (χ2v) is 10.00. The molecule has 0 aliphatic carbocycles. The Hall–Kier alpha value is -2.33. The van der Waals surface area contributed by atoms with Crippen LogP contribution in [-0.2, 0) is 19.6 Å². The quantitative estimate of drug-likeness (QED) is 0.742. The summed E-state index contributed by atoms with van der Waals surface area (Å²) in [5.41, 5.74) is 0.525. The number of amides is 2. The number of carbonyl (C=O) groups is 2. The summed E-state index contributed by atoms with van der Waals surface area (Å²) in [6.45, 7) is 7.89. The molecule has 1 heterocycles. The number of fused-ring (bicyclic) bond motifs is 1. The Morgan fingerprint density at radius 3 is 2.55 bits per heavy atom. The van der Waals surface area contributed by atoms with Crippen molar-refractivity contribution >= 4 is 27.5 Å². The van der Waals surface area contributed by atoms with Gasteiger partial charge < -0.3 is 19.3 Å². The van der Waals surface area contributed by atoms with E-state index in [1.807, 2.05) is 13.8 Å². The maximum absolute atomic E-state index is 13.2. The third kappa shape index (κ3) is 6.33. The smallest absolute Gasteiger partial charge is 0.257 e. The van der Waals surface area contributed by atoms with Crippen LogP contribution in [0.5, 0.6) is 5.75 Å². The summed E-state index contributed by atoms with van der Waals surface area (Å²) in [6.07, 6.45) is -0.284. The van der Waals surface area contributed by atoms with Crippen LogP contribution in [0.4, 0.5) is 5.69 Å². The van der Waals surface area contributed by atoms with Gasteiger partial charge in [-0.05, 0) is 32.0 Å². The van der Waals surface area contributed by atoms with Crippen molar-refractivity contribution in [3.8, 4) is 5.75 Å². The van der Waals surface area contributed by atoms with Crippen molar-refractivity contribution in [3.63, 3.8) is 0 Å². The summed E-state index contributed by atoms with van der Waals surface area (Å²) >= 11 is 0. The number of carbonyl (C=O) groups excluding carboxylic acids is 2. The second kappa shape index (κ2) is 10.3. The van der Waals surface area contributed by atoms with Crippen LogP contribution in [0.3, 0.4) is 0 Å². The van der Waals surface area contributed by atoms with Crippen molar-refractivity contribution in [2.75, 3.05) is 44.3 Å². The van der Waals surface area contributed by atoms with Gasteiger partial charge in [0, 0.05) is 45.8 Å². The van der Waals surface area contributed by atoms with Crippen molar-refractivity contribution < 1.29 is 27.5 Å². The average Bonchev–Trinajstić information content (AvgIpc) is 2.72. The lowest BCUT2D eigenvalue weighted by Crippen LogP contribution is -2.48. The Balaban J connectivity index is 2.48. The van der Waals surface area contributed by atoms with Gasteiger partial charge in [0.25, 0.3) is 5.91 Å². The molecule has 3 atom stereocenters. The molecule has 0 saturated carbocycles. The molecule has 2 rings (SSSR count). The van der Waals surface area contributed by atoms with Gasteiger partial charge in [-0.25, -0.2) is 8.42 Å². The van der Waals surface area contributed by atoms with E-state index in [9.17, 15) is 18.0 Å². The number of methoxy groups -OCH3 is 1. The highest BCUT2D eigenvalue weighted by Crippen LogP contribution is 2.27. The molecule has 0 radical (unpaired) electrons. The number of nitrogens with zero attached hydrogens (tertiary/aromatic N) is 2. The molecule has 31 heavy (non-hydrogen) atoms. The summed E-state index contributed by atoms with van der Waals surface area (Å²) in [5, 5.41) is 0. The SMILES string of the molecule is CCS(=O)(=O)Nc1ccc2c(c1)C(=O)N(C)C[C@H](OC)[C@@H](C)CN(C(C)=O)[C@@H](C)CO2. The maximum atomic E-state index is 13.2. The molecule has 9 nitrogen and oxygen atoms in total. The summed E-state index contributed by atoms with van der Waals surface area (Å²) in [4.78, 5) is 28.7. The van der Waals surface area contributed by atoms with Crippen LogP contribution in [0.1, 0.15) is 38.1 Å². The number of likely N-dealkylation sites (N-methyl/N-ethyl adjacent to an activating group) is 1. The van der Waals surface area contributed by atoms with E-state index in [1.165, 1.54) is 24.8 Å². The molecular weight excluding hydrogens is 422 g/mol. The van der Waals surface area contributed by atoms with Gasteiger partial charge in [-0.15, -0.1) is 0 Å². The summed E-state index contributed by atoms with van der Waals surface area (Å²) in [6, 6.07) is 4.38. The predicted molar refractivity (Wildman–Crippen MR) is 119 cm³/mol. The van der Waals surface area contributed by atoms with Crippen molar-refractivity contribution in [3.05, 3.63) is 23.8 Å². The fraction of sp³-hybridized carbons (Fsp3) is 0.619. The highest BCUT2D eigenvalue weighted by molar-refractivity contribution is 7.92. The topological polar surface area (TPSA) is 105 Å². The lowest BCUT2D eigenvalue weighted by Gasteiger charge is -2.35. The van der Waals surface area contributed by atoms with Crippen molar-refractivity contribution in [2.45, 2.75) is 39.8 Å². The number of ether oxygens (including phenoxy) is 2. The van der Waals surface area contributed by atoms with E-state index in [4.69, 9.17) is 9.47 Å². The Kier molecular flexibility index (Phi) is 8.30. The van der Waals surface area contributed by atoms with E-state index in [-0.39, 0.29) is 53.5 Å². The van der Waals surface area contributed by atoms with Gasteiger partial charge in [0.2, 0.25) is 15.9 Å². The zero-order chi connectivity index (χ0) is 23.3. The van der Waals surface area contributed by atoms with Gasteiger partial charge in [-0.2, -0.15) is 0 Å². The molecule has 0 bridgehead atoms. The zero-order valence-electron chi connectivity index (χ0n) is 19.0. The summed E-state index contributed by atoms with van der Waals surface area (Å²) in [5.74, 6) is -0.148. The molecule has 0 saturated heterocycles. The zero-order valence-corrected chi connectivity index (χ0v) is 19.9. The van der Waals surface area contributed by atoms with Crippen molar-refractivity contribution in [1.82, 2.24) is 9.80 Å². The number of hydrogen-bond donors (Lipinski definition) is 1. The molecular formula is C21H33N3O6S. The number of sulfonamides is 1. The van der Waals surface area contributed by atoms with E-state index < -0.39 is 10.0 Å². The van der Waals surface area contributed by atoms with Crippen LogP contribution in [-0.4, -0.2) is 81.8 Å². The Morgan fingerprint density at radius 2 is 1.97 bits per heavy atom. The molecule has 1 aromatic carbocycles. The summed E-state index contributed by atoms with van der Waals surface area (Å²) in [7, 11) is -0.253. The first-order chi connectivity index (χ1) is 14.5. The molecule has 0 fully saturated rings. The van der Waals surface area contributed by atoms with Crippen LogP contribution < -0.4 is 9.46 Å². The molecule has 0 spiro atoms. The first-order valence-electron chi connectivity index (χ1n) is 10.3. The number of anilines is 1. The molecule has 1 N–H and O–H groups in total. The van der Waals surface area contributed by atoms with Crippen LogP contribution in [0.25, 0.3) is 0 Å². The van der Waals surface area contributed by atoms with E-state index in [2.05, 4.69) is 4.72 Å². The van der Waals surface area contributed by atoms with Gasteiger partial charge in [0.15, 0.2) is 0 Å². The van der Waals surface area contributed by atoms with Gasteiger partial charge in [0.1, 0.15) is 12.4 Å². The van der Waals surface area contributed by atoms with E-state index >= 15 is 0 Å². The van der Waals surface area contributed by atoms with Gasteiger partial charge in [-0.1, -0.05) is 6.92 Å². The number of nitrogens with one attached hydrogen (secondary N) is 1. The molecule has 0 aromatic heterocycles. The number of rotatable bonds is 4. The first kappa shape index (κ1) is 24.9. The lowest BCUT2D eigenvalue weighted by molar-refractivity contribution is -0.133. The average molecular weight is 456 g/mol. The Morgan fingerprint density at radius 1 is 1.29 bits per heavy atom. The minimum absolute atomic E-state index is 0.0202. The maximum Gasteiger partial charge on any atom is 0.257 e. The largest absolute Gasteiger partial charge is 0.491 e. The second-order valence-electron chi connectivity index (χ2n) is 7.98. The molecule has 2 amide bonds. The minimum atomic E-state index is -3.50. The minimum Gasteiger partial charge on any atom is -0.491 e. The van der Waals surface area contributed by atoms with Gasteiger partial charge in [0.05, 0.1) is 23.5 Å². The van der Waals surface area contributed by atoms with E-state index in [0.29, 0.717) is 18.8 Å². The Labute approximate surface area is 184 Å². The van der Waals surface area contributed by atoms with Crippen LogP contribution >= 0.6 is 0 Å². The highest BCUT2D eigenvalue weighted by Gasteiger charge is 2.29. The van der Waals surface area contributed by atoms with E-state index in [0.717, 1.165) is 0 Å². The van der Waals surface area contributed by atoms with Crippen molar-refractivity contribution in [2.24, 2.45) is 5.92 Å². The van der Waals surface area contributed by atoms with E-state index in [1.54, 1.807) is 31.2 Å². The molecule has 10 heteroatoms. The standard InChI is InChI=1S/C21H33N3O6S/c1-7-31(27,28)22-17-8-9-19-18(10-17)21(26)23(5)12-20(29-6)14(2)11-24(16(4)25)15(3)13-30-19/h8-10,14-15,20,22H,7,11-13H2,1-6H3/t14-,15-,20-/m0/s1. The van der Waals surface area contributed by atoms with Crippen LogP contribution in [0.15, 0.2) is 18.2 Å². The third-order valence-corrected chi connectivity index (χ3v) is 6.81. The number of hydrogen-bond acceptors (Lipinski definition) is 6. The fourth-order valence-electron chi connectivity index (χ4n) is 3.53. The molecule has 1 aromatic rings. The first-order valence-corrected chi connectivity index (χ1v) is 12.0. The summed E-state index contributed by atoms with van der Waals surface area (Å²) < 4.78 is 37.9. The third-order valence-electron chi connectivity index (χ3n) is 5.50. The molecule has 174 valence electrons. The lowest BCUT2D eigenvalue weighted by atomic mass is 10.0. The highest BCUT2D eigenvalue weighted by atomic mass is 32.2. The normalized spacial score (nSPS) is 23.3. The molecule has 1 aliphatic rings. The molecule has 1 aliphatic heterocycles. The fourth-order valence-corrected chi connectivity index (χ4v) is 4.16. The van der Waals surface area contributed by atoms with Crippen LogP contribution in [0, 0.1) is 5.92 Å².